The molecule has 9 atom stereocenters. The van der Waals surface area contributed by atoms with Gasteiger partial charge >= 0.3 is 0 Å². The first kappa shape index (κ1) is 29.5. The van der Waals surface area contributed by atoms with Crippen LogP contribution in [0.4, 0.5) is 0 Å². The van der Waals surface area contributed by atoms with Crippen molar-refractivity contribution in [2.45, 2.75) is 131 Å². The molecule has 8 rings (SSSR count). The maximum absolute atomic E-state index is 6.80. The molecule has 0 radical (unpaired) electrons. The van der Waals surface area contributed by atoms with Gasteiger partial charge in [0, 0.05) is 12.0 Å². The zero-order valence-electron chi connectivity index (χ0n) is 28.8. The van der Waals surface area contributed by atoms with Crippen LogP contribution >= 0.6 is 0 Å². The first-order valence-electron chi connectivity index (χ1n) is 18.0. The number of hydrogen-bond acceptors (Lipinski definition) is 4. The predicted molar refractivity (Wildman–Crippen MR) is 175 cm³/mol. The normalized spacial score (nSPS) is 44.5. The zero-order chi connectivity index (χ0) is 30.9. The summed E-state index contributed by atoms with van der Waals surface area (Å²) < 4.78 is 14.4. The van der Waals surface area contributed by atoms with E-state index in [9.17, 15) is 0 Å². The third kappa shape index (κ3) is 3.68. The number of nitrogens with zero attached hydrogens (tertiary/aromatic N) is 3. The summed E-state index contributed by atoms with van der Waals surface area (Å²) in [7, 11) is 1.73. The van der Waals surface area contributed by atoms with Crippen molar-refractivity contribution in [1.29, 1.82) is 0 Å². The highest BCUT2D eigenvalue weighted by Gasteiger charge is 2.73. The SMILES string of the molecule is COc1ccc(CCn2nnc3c2C(C)(C)[C@@H]2CC[C@]4(C)[C@H](CC[C@@H]5[C@H]6[C@H]7OC[C@@]6(CCC7(C)C)CC[C@]54C)[C@@]2(C)C3)cc1. The lowest BCUT2D eigenvalue weighted by Gasteiger charge is -2.72. The van der Waals surface area contributed by atoms with Crippen LogP contribution in [-0.4, -0.2) is 34.8 Å². The molecule has 5 nitrogen and oxygen atoms in total. The van der Waals surface area contributed by atoms with Crippen LogP contribution in [0.1, 0.15) is 117 Å². The van der Waals surface area contributed by atoms with Crippen molar-refractivity contribution in [1.82, 2.24) is 15.0 Å². The summed E-state index contributed by atoms with van der Waals surface area (Å²) in [4.78, 5) is 0. The Balaban J connectivity index is 1.10. The van der Waals surface area contributed by atoms with E-state index in [1.807, 2.05) is 0 Å². The molecule has 2 bridgehead atoms. The maximum atomic E-state index is 6.80. The summed E-state index contributed by atoms with van der Waals surface area (Å²) in [5, 5.41) is 9.80. The fraction of sp³-hybridized carbons (Fsp3) is 0.795. The Hall–Kier alpha value is -1.88. The summed E-state index contributed by atoms with van der Waals surface area (Å²) >= 11 is 0. The fourth-order valence-electron chi connectivity index (χ4n) is 13.7. The van der Waals surface area contributed by atoms with Crippen molar-refractivity contribution in [3.8, 4) is 5.75 Å². The molecule has 1 aromatic heterocycles. The molecule has 5 heteroatoms. The third-order valence-corrected chi connectivity index (χ3v) is 16.0. The Morgan fingerprint density at radius 1 is 0.864 bits per heavy atom. The van der Waals surface area contributed by atoms with E-state index < -0.39 is 0 Å². The number of hydrogen-bond donors (Lipinski definition) is 0. The molecule has 44 heavy (non-hydrogen) atoms. The molecule has 240 valence electrons. The quantitative estimate of drug-likeness (QED) is 0.354. The van der Waals surface area contributed by atoms with Gasteiger partial charge in [-0.15, -0.1) is 5.10 Å². The van der Waals surface area contributed by atoms with Gasteiger partial charge in [-0.2, -0.15) is 0 Å². The lowest BCUT2D eigenvalue weighted by atomic mass is 9.31. The van der Waals surface area contributed by atoms with Gasteiger partial charge in [0.15, 0.2) is 0 Å². The van der Waals surface area contributed by atoms with Gasteiger partial charge < -0.3 is 9.47 Å². The topological polar surface area (TPSA) is 49.2 Å². The average molecular weight is 600 g/mol. The Labute approximate surface area is 266 Å². The molecule has 2 aromatic rings. The maximum Gasteiger partial charge on any atom is 0.118 e. The van der Waals surface area contributed by atoms with E-state index in [-0.39, 0.29) is 10.8 Å². The van der Waals surface area contributed by atoms with Gasteiger partial charge in [0.05, 0.1) is 31.2 Å². The average Bonchev–Trinajstić information content (AvgIpc) is 3.55. The molecule has 0 amide bonds. The van der Waals surface area contributed by atoms with Gasteiger partial charge in [0.25, 0.3) is 0 Å². The van der Waals surface area contributed by atoms with Crippen molar-refractivity contribution in [3.63, 3.8) is 0 Å². The second-order valence-corrected chi connectivity index (χ2v) is 18.4. The van der Waals surface area contributed by atoms with E-state index in [1.165, 1.54) is 68.3 Å². The number of fused-ring (bicyclic) bond motifs is 6. The van der Waals surface area contributed by atoms with E-state index in [2.05, 4.69) is 77.4 Å². The minimum atomic E-state index is 0.0573. The second-order valence-electron chi connectivity index (χ2n) is 18.4. The van der Waals surface area contributed by atoms with E-state index in [4.69, 9.17) is 19.8 Å². The summed E-state index contributed by atoms with van der Waals surface area (Å²) in [6.45, 7) is 20.2. The number of benzene rings is 1. The highest BCUT2D eigenvalue weighted by atomic mass is 16.5. The molecular weight excluding hydrogens is 542 g/mol. The molecule has 0 spiro atoms. The molecule has 4 saturated carbocycles. The Kier molecular flexibility index (Phi) is 6.27. The first-order chi connectivity index (χ1) is 20.8. The van der Waals surface area contributed by atoms with Crippen molar-refractivity contribution in [2.24, 2.45) is 50.7 Å². The number of ether oxygens (including phenoxy) is 2. The zero-order valence-corrected chi connectivity index (χ0v) is 28.8. The summed E-state index contributed by atoms with van der Waals surface area (Å²) in [6, 6.07) is 8.49. The van der Waals surface area contributed by atoms with E-state index >= 15 is 0 Å². The van der Waals surface area contributed by atoms with Crippen LogP contribution in [0.15, 0.2) is 24.3 Å². The molecule has 2 heterocycles. The van der Waals surface area contributed by atoms with Gasteiger partial charge in [0.1, 0.15) is 5.75 Å². The van der Waals surface area contributed by atoms with Crippen LogP contribution in [-0.2, 0) is 29.5 Å². The molecule has 1 aliphatic heterocycles. The van der Waals surface area contributed by atoms with Gasteiger partial charge in [-0.1, -0.05) is 65.8 Å². The minimum Gasteiger partial charge on any atom is -0.497 e. The smallest absolute Gasteiger partial charge is 0.118 e. The van der Waals surface area contributed by atoms with Crippen LogP contribution in [0, 0.1) is 50.7 Å². The minimum absolute atomic E-state index is 0.0573. The Bertz CT molecular complexity index is 1440. The monoisotopic (exact) mass is 599 g/mol. The summed E-state index contributed by atoms with van der Waals surface area (Å²) in [5.74, 6) is 3.86. The van der Waals surface area contributed by atoms with Crippen molar-refractivity contribution >= 4 is 0 Å². The van der Waals surface area contributed by atoms with E-state index in [0.717, 1.165) is 49.5 Å². The number of rotatable bonds is 4. The van der Waals surface area contributed by atoms with Gasteiger partial charge in [0.2, 0.25) is 0 Å². The first-order valence-corrected chi connectivity index (χ1v) is 18.0. The standard InChI is InChI=1S/C39H57N3O2/c1-34(2)18-20-39-21-19-37(6)27(31(39)33(34)44-24-39)13-14-30-36(5)23-28-32(35(3,4)29(36)15-17-38(30,37)7)42(41-40-28)22-16-25-9-11-26(43-8)12-10-25/h9-12,27,29-31,33H,13-24H2,1-8H3/t27-,29+,30-,31+,33-,36+,37-,38-,39-/m1/s1. The fourth-order valence-corrected chi connectivity index (χ4v) is 13.7. The van der Waals surface area contributed by atoms with Gasteiger partial charge in [-0.25, -0.2) is 4.68 Å². The Morgan fingerprint density at radius 3 is 2.36 bits per heavy atom. The van der Waals surface area contributed by atoms with Crippen LogP contribution in [0.3, 0.4) is 0 Å². The number of aryl methyl sites for hydroxylation is 2. The molecule has 1 aromatic carbocycles. The van der Waals surface area contributed by atoms with Crippen molar-refractivity contribution in [3.05, 3.63) is 41.2 Å². The van der Waals surface area contributed by atoms with Crippen LogP contribution in [0.5, 0.6) is 5.75 Å². The summed E-state index contributed by atoms with van der Waals surface area (Å²) in [6.07, 6.45) is 13.5. The number of aromatic nitrogens is 3. The lowest BCUT2D eigenvalue weighted by Crippen LogP contribution is -2.67. The van der Waals surface area contributed by atoms with Crippen LogP contribution in [0.25, 0.3) is 0 Å². The molecular formula is C39H57N3O2. The lowest BCUT2D eigenvalue weighted by molar-refractivity contribution is -0.233. The van der Waals surface area contributed by atoms with Crippen molar-refractivity contribution in [2.75, 3.05) is 13.7 Å². The third-order valence-electron chi connectivity index (χ3n) is 16.0. The summed E-state index contributed by atoms with van der Waals surface area (Å²) in [5.41, 5.74) is 5.85. The highest BCUT2D eigenvalue weighted by molar-refractivity contribution is 5.33. The molecule has 5 aliphatic carbocycles. The molecule has 0 N–H and O–H groups in total. The molecule has 6 aliphatic rings. The predicted octanol–water partition coefficient (Wildman–Crippen LogP) is 8.43. The van der Waals surface area contributed by atoms with Crippen LogP contribution in [0.2, 0.25) is 0 Å². The highest BCUT2D eigenvalue weighted by Crippen LogP contribution is 2.77. The Morgan fingerprint density at radius 2 is 1.61 bits per heavy atom. The molecule has 0 unspecified atom stereocenters. The van der Waals surface area contributed by atoms with Crippen LogP contribution < -0.4 is 4.74 Å². The van der Waals surface area contributed by atoms with E-state index in [0.29, 0.717) is 33.7 Å². The van der Waals surface area contributed by atoms with Gasteiger partial charge in [-0.3, -0.25) is 0 Å². The van der Waals surface area contributed by atoms with Gasteiger partial charge in [-0.05, 0) is 133 Å². The van der Waals surface area contributed by atoms with E-state index in [1.54, 1.807) is 7.11 Å². The van der Waals surface area contributed by atoms with Crippen molar-refractivity contribution < 1.29 is 9.47 Å². The molecule has 1 saturated heterocycles. The largest absolute Gasteiger partial charge is 0.497 e. The number of methoxy groups -OCH3 is 1. The molecule has 5 fully saturated rings. The second kappa shape index (κ2) is 9.35.